The molecule has 1 saturated carbocycles. The van der Waals surface area contributed by atoms with Gasteiger partial charge in [0.25, 0.3) is 0 Å². The van der Waals surface area contributed by atoms with Crippen LogP contribution in [-0.4, -0.2) is 16.6 Å². The maximum absolute atomic E-state index is 6.34. The Morgan fingerprint density at radius 3 is 2.74 bits per heavy atom. The summed E-state index contributed by atoms with van der Waals surface area (Å²) in [5.74, 6) is 2.71. The SMILES string of the molecule is CCOC1(c2nc(Cl)c3c(n2)CSC3)CCCCC1. The van der Waals surface area contributed by atoms with Crippen LogP contribution in [0.3, 0.4) is 0 Å². The van der Waals surface area contributed by atoms with Gasteiger partial charge in [0.15, 0.2) is 5.82 Å². The van der Waals surface area contributed by atoms with E-state index < -0.39 is 0 Å². The zero-order valence-electron chi connectivity index (χ0n) is 11.2. The summed E-state index contributed by atoms with van der Waals surface area (Å²) >= 11 is 8.19. The Hall–Kier alpha value is -0.320. The van der Waals surface area contributed by atoms with Crippen LogP contribution in [0.2, 0.25) is 5.15 Å². The summed E-state index contributed by atoms with van der Waals surface area (Å²) in [5.41, 5.74) is 1.95. The van der Waals surface area contributed by atoms with Crippen LogP contribution in [0.25, 0.3) is 0 Å². The van der Waals surface area contributed by atoms with Gasteiger partial charge < -0.3 is 4.74 Å². The number of hydrogen-bond donors (Lipinski definition) is 0. The van der Waals surface area contributed by atoms with Crippen molar-refractivity contribution in [1.82, 2.24) is 9.97 Å². The first-order chi connectivity index (χ1) is 9.25. The molecule has 2 heterocycles. The molecule has 0 radical (unpaired) electrons. The summed E-state index contributed by atoms with van der Waals surface area (Å²) in [6, 6.07) is 0. The van der Waals surface area contributed by atoms with Crippen molar-refractivity contribution >= 4 is 23.4 Å². The van der Waals surface area contributed by atoms with Crippen LogP contribution in [0.5, 0.6) is 0 Å². The maximum Gasteiger partial charge on any atom is 0.162 e. The molecule has 1 aliphatic heterocycles. The molecule has 1 aliphatic carbocycles. The van der Waals surface area contributed by atoms with E-state index in [1.165, 1.54) is 19.3 Å². The summed E-state index contributed by atoms with van der Waals surface area (Å²) in [7, 11) is 0. The van der Waals surface area contributed by atoms with Gasteiger partial charge in [-0.25, -0.2) is 9.97 Å². The van der Waals surface area contributed by atoms with Gasteiger partial charge in [0.2, 0.25) is 0 Å². The maximum atomic E-state index is 6.34. The number of thioether (sulfide) groups is 1. The summed E-state index contributed by atoms with van der Waals surface area (Å²) in [4.78, 5) is 9.36. The van der Waals surface area contributed by atoms with Gasteiger partial charge in [-0.15, -0.1) is 0 Å². The number of aromatic nitrogens is 2. The van der Waals surface area contributed by atoms with E-state index in [1.54, 1.807) is 0 Å². The average Bonchev–Trinajstić information content (AvgIpc) is 2.89. The number of fused-ring (bicyclic) bond motifs is 1. The van der Waals surface area contributed by atoms with Gasteiger partial charge in [-0.3, -0.25) is 0 Å². The summed E-state index contributed by atoms with van der Waals surface area (Å²) in [6.07, 6.45) is 5.69. The van der Waals surface area contributed by atoms with E-state index in [9.17, 15) is 0 Å². The molecule has 3 nitrogen and oxygen atoms in total. The molecule has 1 aromatic rings. The van der Waals surface area contributed by atoms with E-state index >= 15 is 0 Å². The first kappa shape index (κ1) is 13.7. The largest absolute Gasteiger partial charge is 0.367 e. The highest BCUT2D eigenvalue weighted by atomic mass is 35.5. The number of ether oxygens (including phenoxy) is 1. The molecule has 0 unspecified atom stereocenters. The topological polar surface area (TPSA) is 35.0 Å². The minimum atomic E-state index is -0.293. The highest BCUT2D eigenvalue weighted by Crippen LogP contribution is 2.41. The van der Waals surface area contributed by atoms with Gasteiger partial charge in [0, 0.05) is 23.7 Å². The molecule has 0 aromatic carbocycles. The van der Waals surface area contributed by atoms with Crippen molar-refractivity contribution in [2.24, 2.45) is 0 Å². The summed E-state index contributed by atoms with van der Waals surface area (Å²) in [5, 5.41) is 0.634. The normalized spacial score (nSPS) is 21.4. The molecular weight excluding hydrogens is 280 g/mol. The Labute approximate surface area is 123 Å². The van der Waals surface area contributed by atoms with Crippen molar-refractivity contribution in [3.05, 3.63) is 22.2 Å². The molecule has 2 aliphatic rings. The Balaban J connectivity index is 2.00. The molecule has 19 heavy (non-hydrogen) atoms. The van der Waals surface area contributed by atoms with Crippen LogP contribution in [0, 0.1) is 0 Å². The molecule has 3 rings (SSSR count). The van der Waals surface area contributed by atoms with Crippen molar-refractivity contribution in [2.45, 2.75) is 56.1 Å². The van der Waals surface area contributed by atoms with Crippen molar-refractivity contribution in [3.63, 3.8) is 0 Å². The Bertz CT molecular complexity index is 469. The molecule has 0 bridgehead atoms. The lowest BCUT2D eigenvalue weighted by atomic mass is 9.83. The second-order valence-corrected chi connectivity index (χ2v) is 6.59. The Morgan fingerprint density at radius 1 is 1.21 bits per heavy atom. The third-order valence-electron chi connectivity index (χ3n) is 4.02. The molecular formula is C14H19ClN2OS. The van der Waals surface area contributed by atoms with Crippen LogP contribution in [0.4, 0.5) is 0 Å². The van der Waals surface area contributed by atoms with E-state index in [0.29, 0.717) is 11.8 Å². The fraction of sp³-hybridized carbons (Fsp3) is 0.714. The van der Waals surface area contributed by atoms with Crippen LogP contribution in [0.15, 0.2) is 0 Å². The third-order valence-corrected chi connectivity index (χ3v) is 5.30. The lowest BCUT2D eigenvalue weighted by molar-refractivity contribution is -0.0768. The van der Waals surface area contributed by atoms with Crippen molar-refractivity contribution in [3.8, 4) is 0 Å². The molecule has 1 fully saturated rings. The van der Waals surface area contributed by atoms with Crippen molar-refractivity contribution < 1.29 is 4.74 Å². The fourth-order valence-corrected chi connectivity index (χ4v) is 4.42. The average molecular weight is 299 g/mol. The first-order valence-corrected chi connectivity index (χ1v) is 8.56. The molecule has 104 valence electrons. The zero-order valence-corrected chi connectivity index (χ0v) is 12.8. The first-order valence-electron chi connectivity index (χ1n) is 7.02. The smallest absolute Gasteiger partial charge is 0.162 e. The molecule has 0 saturated heterocycles. The highest BCUT2D eigenvalue weighted by molar-refractivity contribution is 7.98. The van der Waals surface area contributed by atoms with Crippen LogP contribution in [0.1, 0.15) is 56.1 Å². The number of hydrogen-bond acceptors (Lipinski definition) is 4. The summed E-state index contributed by atoms with van der Waals surface area (Å²) in [6.45, 7) is 2.74. The van der Waals surface area contributed by atoms with Gasteiger partial charge in [-0.05, 0) is 19.8 Å². The van der Waals surface area contributed by atoms with Gasteiger partial charge >= 0.3 is 0 Å². The minimum absolute atomic E-state index is 0.293. The Morgan fingerprint density at radius 2 is 2.00 bits per heavy atom. The third kappa shape index (κ3) is 2.50. The molecule has 5 heteroatoms. The van der Waals surface area contributed by atoms with Crippen molar-refractivity contribution in [2.75, 3.05) is 6.61 Å². The van der Waals surface area contributed by atoms with Crippen LogP contribution < -0.4 is 0 Å². The predicted octanol–water partition coefficient (Wildman–Crippen LogP) is 4.07. The molecule has 0 N–H and O–H groups in total. The second kappa shape index (κ2) is 5.58. The quantitative estimate of drug-likeness (QED) is 0.788. The van der Waals surface area contributed by atoms with Crippen LogP contribution in [-0.2, 0) is 21.8 Å². The molecule has 0 spiro atoms. The number of rotatable bonds is 3. The summed E-state index contributed by atoms with van der Waals surface area (Å²) < 4.78 is 6.08. The molecule has 0 atom stereocenters. The van der Waals surface area contributed by atoms with E-state index in [-0.39, 0.29) is 5.60 Å². The lowest BCUT2D eigenvalue weighted by Gasteiger charge is -2.35. The van der Waals surface area contributed by atoms with E-state index in [1.807, 2.05) is 18.7 Å². The standard InChI is InChI=1S/C14H19ClN2OS/c1-2-18-14(6-4-3-5-7-14)13-16-11-9-19-8-10(11)12(15)17-13/h2-9H2,1H3. The van der Waals surface area contributed by atoms with E-state index in [4.69, 9.17) is 21.3 Å². The highest BCUT2D eigenvalue weighted by Gasteiger charge is 2.38. The van der Waals surface area contributed by atoms with Gasteiger partial charge in [-0.1, -0.05) is 30.9 Å². The van der Waals surface area contributed by atoms with Gasteiger partial charge in [0.05, 0.1) is 5.69 Å². The predicted molar refractivity (Wildman–Crippen MR) is 78.4 cm³/mol. The van der Waals surface area contributed by atoms with Crippen LogP contribution >= 0.6 is 23.4 Å². The lowest BCUT2D eigenvalue weighted by Crippen LogP contribution is -2.35. The van der Waals surface area contributed by atoms with Gasteiger partial charge in [-0.2, -0.15) is 11.8 Å². The van der Waals surface area contributed by atoms with Crippen molar-refractivity contribution in [1.29, 1.82) is 0 Å². The fourth-order valence-electron chi connectivity index (χ4n) is 3.05. The minimum Gasteiger partial charge on any atom is -0.367 e. The van der Waals surface area contributed by atoms with E-state index in [2.05, 4.69) is 4.98 Å². The molecule has 0 amide bonds. The monoisotopic (exact) mass is 298 g/mol. The van der Waals surface area contributed by atoms with Gasteiger partial charge in [0.1, 0.15) is 10.8 Å². The second-order valence-electron chi connectivity index (χ2n) is 5.24. The number of nitrogens with zero attached hydrogens (tertiary/aromatic N) is 2. The van der Waals surface area contributed by atoms with E-state index in [0.717, 1.165) is 41.4 Å². The molecule has 1 aromatic heterocycles. The Kier molecular flexibility index (Phi) is 4.01. The zero-order chi connectivity index (χ0) is 13.3. The number of halogens is 1.